The lowest BCUT2D eigenvalue weighted by Gasteiger charge is -2.14. The average Bonchev–Trinajstić information content (AvgIpc) is 3.12. The molecule has 172 valence electrons. The van der Waals surface area contributed by atoms with E-state index in [9.17, 15) is 18.0 Å². The molecule has 1 fully saturated rings. The van der Waals surface area contributed by atoms with Crippen molar-refractivity contribution in [3.63, 3.8) is 0 Å². The van der Waals surface area contributed by atoms with E-state index in [1.807, 2.05) is 43.3 Å². The normalized spacial score (nSPS) is 15.6. The standard InChI is InChI=1S/C13H16N2O2.C12H10O3S/c1-2-3-9-11-12(16)14-15(13(11)17)10-7-5-4-6-8-10;13-16(14,15)12-9-5-4-8-11(12)10-6-2-1-3-7-10/h4-8,11H,2-3,9H2,1H3,(H,14,16);1-9H,(H,13,14,15). The van der Waals surface area contributed by atoms with Crippen molar-refractivity contribution in [1.29, 1.82) is 0 Å². The highest BCUT2D eigenvalue weighted by atomic mass is 32.2. The summed E-state index contributed by atoms with van der Waals surface area (Å²) in [5.74, 6) is -0.850. The van der Waals surface area contributed by atoms with Crippen LogP contribution in [-0.4, -0.2) is 24.8 Å². The Morgan fingerprint density at radius 3 is 2.06 bits per heavy atom. The molecule has 1 aliphatic heterocycles. The molecule has 33 heavy (non-hydrogen) atoms. The zero-order valence-corrected chi connectivity index (χ0v) is 19.0. The van der Waals surface area contributed by atoms with Gasteiger partial charge in [-0.25, -0.2) is 5.01 Å². The zero-order chi connectivity index (χ0) is 23.8. The number of hydrogen-bond acceptors (Lipinski definition) is 4. The summed E-state index contributed by atoms with van der Waals surface area (Å²) < 4.78 is 31.5. The number of hydrazine groups is 1. The van der Waals surface area contributed by atoms with E-state index < -0.39 is 16.0 Å². The molecule has 0 saturated carbocycles. The molecule has 4 rings (SSSR count). The molecular formula is C25H26N2O5S. The summed E-state index contributed by atoms with van der Waals surface area (Å²) in [5.41, 5.74) is 4.60. The van der Waals surface area contributed by atoms with E-state index in [-0.39, 0.29) is 16.7 Å². The summed E-state index contributed by atoms with van der Waals surface area (Å²) in [6.45, 7) is 2.05. The maximum Gasteiger partial charge on any atom is 0.295 e. The maximum atomic E-state index is 12.1. The number of hydrogen-bond donors (Lipinski definition) is 2. The lowest BCUT2D eigenvalue weighted by Crippen LogP contribution is -2.35. The predicted molar refractivity (Wildman–Crippen MR) is 127 cm³/mol. The molecule has 2 N–H and O–H groups in total. The molecule has 1 saturated heterocycles. The highest BCUT2D eigenvalue weighted by Crippen LogP contribution is 2.26. The summed E-state index contributed by atoms with van der Waals surface area (Å²) in [6.07, 6.45) is 2.51. The van der Waals surface area contributed by atoms with Gasteiger partial charge in [0.15, 0.2) is 0 Å². The summed E-state index contributed by atoms with van der Waals surface area (Å²) in [4.78, 5) is 23.7. The minimum absolute atomic E-state index is 0.0683. The second-order valence-electron chi connectivity index (χ2n) is 7.52. The number of carbonyl (C=O) groups excluding carboxylic acids is 2. The number of rotatable bonds is 6. The molecule has 0 radical (unpaired) electrons. The first-order valence-electron chi connectivity index (χ1n) is 10.6. The van der Waals surface area contributed by atoms with Crippen LogP contribution in [0.4, 0.5) is 5.69 Å². The van der Waals surface area contributed by atoms with Crippen LogP contribution >= 0.6 is 0 Å². The van der Waals surface area contributed by atoms with Gasteiger partial charge in [0.05, 0.1) is 5.69 Å². The molecule has 1 heterocycles. The molecule has 1 atom stereocenters. The number of para-hydroxylation sites is 1. The molecule has 0 spiro atoms. The van der Waals surface area contributed by atoms with E-state index in [1.54, 1.807) is 42.5 Å². The Kier molecular flexibility index (Phi) is 7.97. The predicted octanol–water partition coefficient (Wildman–Crippen LogP) is 4.47. The van der Waals surface area contributed by atoms with Crippen LogP contribution in [0.2, 0.25) is 0 Å². The number of unbranched alkanes of at least 4 members (excludes halogenated alkanes) is 1. The molecule has 0 aromatic heterocycles. The number of amides is 2. The van der Waals surface area contributed by atoms with E-state index in [4.69, 9.17) is 4.55 Å². The SMILES string of the molecule is CCCCC1C(=O)NN(c2ccccc2)C1=O.O=S(=O)(O)c1ccccc1-c1ccccc1. The van der Waals surface area contributed by atoms with Gasteiger partial charge in [-0.15, -0.1) is 0 Å². The van der Waals surface area contributed by atoms with E-state index in [1.165, 1.54) is 11.1 Å². The monoisotopic (exact) mass is 466 g/mol. The highest BCUT2D eigenvalue weighted by molar-refractivity contribution is 7.86. The molecule has 1 unspecified atom stereocenters. The highest BCUT2D eigenvalue weighted by Gasteiger charge is 2.39. The number of nitrogens with zero attached hydrogens (tertiary/aromatic N) is 1. The van der Waals surface area contributed by atoms with Crippen LogP contribution in [0.15, 0.2) is 89.8 Å². The van der Waals surface area contributed by atoms with Gasteiger partial charge in [-0.05, 0) is 30.2 Å². The molecule has 8 heteroatoms. The molecule has 3 aromatic rings. The second-order valence-corrected chi connectivity index (χ2v) is 8.91. The minimum atomic E-state index is -4.18. The second kappa shape index (κ2) is 10.9. The first-order chi connectivity index (χ1) is 15.8. The Morgan fingerprint density at radius 1 is 0.879 bits per heavy atom. The van der Waals surface area contributed by atoms with Gasteiger partial charge in [0, 0.05) is 5.56 Å². The molecule has 0 bridgehead atoms. The van der Waals surface area contributed by atoms with E-state index in [0.29, 0.717) is 17.7 Å². The molecular weight excluding hydrogens is 440 g/mol. The van der Waals surface area contributed by atoms with Gasteiger partial charge in [-0.3, -0.25) is 19.6 Å². The third-order valence-electron chi connectivity index (χ3n) is 5.17. The van der Waals surface area contributed by atoms with Gasteiger partial charge in [0.25, 0.3) is 21.9 Å². The quantitative estimate of drug-likeness (QED) is 0.412. The van der Waals surface area contributed by atoms with Gasteiger partial charge in [-0.1, -0.05) is 86.5 Å². The topological polar surface area (TPSA) is 104 Å². The number of carbonyl (C=O) groups is 2. The van der Waals surface area contributed by atoms with Crippen molar-refractivity contribution in [2.24, 2.45) is 5.92 Å². The molecule has 0 aliphatic carbocycles. The molecule has 7 nitrogen and oxygen atoms in total. The zero-order valence-electron chi connectivity index (χ0n) is 18.2. The van der Waals surface area contributed by atoms with Crippen molar-refractivity contribution < 1.29 is 22.6 Å². The third kappa shape index (κ3) is 6.06. The summed E-state index contributed by atoms with van der Waals surface area (Å²) >= 11 is 0. The Labute approximate surface area is 193 Å². The van der Waals surface area contributed by atoms with Gasteiger partial charge >= 0.3 is 0 Å². The van der Waals surface area contributed by atoms with Crippen LogP contribution < -0.4 is 10.4 Å². The molecule has 1 aliphatic rings. The van der Waals surface area contributed by atoms with Crippen LogP contribution in [-0.2, 0) is 19.7 Å². The van der Waals surface area contributed by atoms with Crippen molar-refractivity contribution in [2.45, 2.75) is 31.1 Å². The Morgan fingerprint density at radius 2 is 1.45 bits per heavy atom. The fourth-order valence-corrected chi connectivity index (χ4v) is 4.20. The number of nitrogens with one attached hydrogen (secondary N) is 1. The summed E-state index contributed by atoms with van der Waals surface area (Å²) in [7, 11) is -4.18. The van der Waals surface area contributed by atoms with Crippen molar-refractivity contribution in [2.75, 3.05) is 5.01 Å². The Bertz CT molecular complexity index is 1200. The largest absolute Gasteiger partial charge is 0.295 e. The van der Waals surface area contributed by atoms with E-state index >= 15 is 0 Å². The minimum Gasteiger partial charge on any atom is -0.282 e. The van der Waals surface area contributed by atoms with Crippen molar-refractivity contribution in [3.8, 4) is 11.1 Å². The van der Waals surface area contributed by atoms with E-state index in [0.717, 1.165) is 18.4 Å². The summed E-state index contributed by atoms with van der Waals surface area (Å²) in [5, 5.41) is 1.35. The fourth-order valence-electron chi connectivity index (χ4n) is 3.49. The molecule has 3 aromatic carbocycles. The van der Waals surface area contributed by atoms with Crippen LogP contribution in [0, 0.1) is 5.92 Å². The van der Waals surface area contributed by atoms with Crippen LogP contribution in [0.3, 0.4) is 0 Å². The van der Waals surface area contributed by atoms with Crippen LogP contribution in [0.1, 0.15) is 26.2 Å². The first-order valence-corrected chi connectivity index (χ1v) is 12.1. The molecule has 2 amide bonds. The van der Waals surface area contributed by atoms with Gasteiger partial charge in [-0.2, -0.15) is 8.42 Å². The van der Waals surface area contributed by atoms with Crippen LogP contribution in [0.5, 0.6) is 0 Å². The van der Waals surface area contributed by atoms with Crippen molar-refractivity contribution in [3.05, 3.63) is 84.9 Å². The third-order valence-corrected chi connectivity index (χ3v) is 6.08. The summed E-state index contributed by atoms with van der Waals surface area (Å²) in [6, 6.07) is 24.6. The lowest BCUT2D eigenvalue weighted by atomic mass is 10.0. The number of anilines is 1. The fraction of sp³-hybridized carbons (Fsp3) is 0.200. The first kappa shape index (κ1) is 24.2. The van der Waals surface area contributed by atoms with Crippen LogP contribution in [0.25, 0.3) is 11.1 Å². The lowest BCUT2D eigenvalue weighted by molar-refractivity contribution is -0.127. The maximum absolute atomic E-state index is 12.1. The van der Waals surface area contributed by atoms with Crippen molar-refractivity contribution >= 4 is 27.6 Å². The van der Waals surface area contributed by atoms with Gasteiger partial charge in [0.1, 0.15) is 10.8 Å². The number of benzene rings is 3. The smallest absolute Gasteiger partial charge is 0.282 e. The van der Waals surface area contributed by atoms with E-state index in [2.05, 4.69) is 5.43 Å². The Balaban J connectivity index is 0.000000186. The average molecular weight is 467 g/mol. The Hall–Kier alpha value is -3.49. The van der Waals surface area contributed by atoms with Gasteiger partial charge in [0.2, 0.25) is 0 Å². The van der Waals surface area contributed by atoms with Gasteiger partial charge < -0.3 is 0 Å². The van der Waals surface area contributed by atoms with Crippen molar-refractivity contribution in [1.82, 2.24) is 5.43 Å².